The molecule has 0 saturated carbocycles. The second-order valence-electron chi connectivity index (χ2n) is 4.86. The number of nitrogens with one attached hydrogen (secondary N) is 2. The van der Waals surface area contributed by atoms with Crippen LogP contribution in [0.25, 0.3) is 0 Å². The van der Waals surface area contributed by atoms with Gasteiger partial charge in [-0.05, 0) is 13.8 Å². The average molecular weight is 282 g/mol. The Labute approximate surface area is 116 Å². The molecule has 110 valence electrons. The normalized spacial score (nSPS) is 11.0. The predicted molar refractivity (Wildman–Crippen MR) is 73.9 cm³/mol. The van der Waals surface area contributed by atoms with Gasteiger partial charge in [0.15, 0.2) is 0 Å². The number of carbonyl (C=O) groups excluding carboxylic acids is 1. The molecule has 1 heterocycles. The number of nitro groups is 1. The monoisotopic (exact) mass is 282 g/mol. The van der Waals surface area contributed by atoms with Crippen molar-refractivity contribution in [2.24, 2.45) is 0 Å². The van der Waals surface area contributed by atoms with Crippen molar-refractivity contribution < 1.29 is 14.5 Å². The fraction of sp³-hybridized carbons (Fsp3) is 0.500. The fourth-order valence-electron chi connectivity index (χ4n) is 1.68. The molecule has 0 atom stereocenters. The molecule has 0 aromatic carbocycles. The molecular weight excluding hydrogens is 264 g/mol. The molecular formula is C12H18N4O4. The van der Waals surface area contributed by atoms with Gasteiger partial charge in [0.05, 0.1) is 17.1 Å². The van der Waals surface area contributed by atoms with Crippen LogP contribution in [0.1, 0.15) is 24.2 Å². The predicted octanol–water partition coefficient (Wildman–Crippen LogP) is 1.19. The second kappa shape index (κ2) is 6.29. The lowest BCUT2D eigenvalue weighted by atomic mass is 10.1. The molecule has 0 spiro atoms. The summed E-state index contributed by atoms with van der Waals surface area (Å²) in [6, 6.07) is 1.34. The van der Waals surface area contributed by atoms with Crippen LogP contribution in [0.15, 0.2) is 12.3 Å². The zero-order chi connectivity index (χ0) is 15.3. The molecule has 0 fully saturated rings. The van der Waals surface area contributed by atoms with E-state index in [-0.39, 0.29) is 17.9 Å². The van der Waals surface area contributed by atoms with Crippen molar-refractivity contribution in [2.75, 3.05) is 26.1 Å². The maximum absolute atomic E-state index is 12.2. The Balaban J connectivity index is 3.10. The molecule has 0 aliphatic rings. The van der Waals surface area contributed by atoms with Crippen LogP contribution in [0.4, 0.5) is 11.5 Å². The zero-order valence-electron chi connectivity index (χ0n) is 11.9. The molecule has 1 aromatic rings. The summed E-state index contributed by atoms with van der Waals surface area (Å²) in [6.45, 7) is 3.82. The molecule has 20 heavy (non-hydrogen) atoms. The minimum Gasteiger partial charge on any atom is -0.382 e. The van der Waals surface area contributed by atoms with Crippen LogP contribution < -0.4 is 10.6 Å². The van der Waals surface area contributed by atoms with Gasteiger partial charge in [0.1, 0.15) is 17.6 Å². The first-order valence-corrected chi connectivity index (χ1v) is 5.94. The number of hydrogen-bond donors (Lipinski definition) is 2. The minimum absolute atomic E-state index is 0.0430. The number of rotatable bonds is 6. The Morgan fingerprint density at radius 1 is 1.55 bits per heavy atom. The number of amides is 1. The quantitative estimate of drug-likeness (QED) is 0.599. The number of nitrogens with zero attached hydrogens (tertiary/aromatic N) is 2. The first-order chi connectivity index (χ1) is 9.30. The summed E-state index contributed by atoms with van der Waals surface area (Å²) in [5.74, 6) is -0.164. The van der Waals surface area contributed by atoms with E-state index in [4.69, 9.17) is 4.74 Å². The van der Waals surface area contributed by atoms with E-state index in [2.05, 4.69) is 15.6 Å². The lowest BCUT2D eigenvalue weighted by Crippen LogP contribution is -2.46. The maximum atomic E-state index is 12.2. The summed E-state index contributed by atoms with van der Waals surface area (Å²) in [4.78, 5) is 26.4. The highest BCUT2D eigenvalue weighted by Crippen LogP contribution is 2.20. The van der Waals surface area contributed by atoms with Gasteiger partial charge in [-0.3, -0.25) is 14.9 Å². The van der Waals surface area contributed by atoms with Crippen molar-refractivity contribution in [1.82, 2.24) is 10.3 Å². The summed E-state index contributed by atoms with van der Waals surface area (Å²) in [6.07, 6.45) is 1.06. The molecule has 0 aliphatic carbocycles. The summed E-state index contributed by atoms with van der Waals surface area (Å²) < 4.78 is 4.99. The summed E-state index contributed by atoms with van der Waals surface area (Å²) in [5, 5.41) is 16.4. The van der Waals surface area contributed by atoms with Crippen LogP contribution in [0.5, 0.6) is 0 Å². The molecule has 2 N–H and O–H groups in total. The molecule has 8 nitrogen and oxygen atoms in total. The molecule has 1 rings (SSSR count). The molecule has 8 heteroatoms. The Hall–Kier alpha value is -2.22. The van der Waals surface area contributed by atoms with Crippen LogP contribution >= 0.6 is 0 Å². The minimum atomic E-state index is -0.636. The van der Waals surface area contributed by atoms with E-state index in [0.29, 0.717) is 5.82 Å². The maximum Gasteiger partial charge on any atom is 0.300 e. The third-order valence-corrected chi connectivity index (χ3v) is 2.54. The Bertz CT molecular complexity index is 516. The van der Waals surface area contributed by atoms with E-state index in [1.165, 1.54) is 13.2 Å². The van der Waals surface area contributed by atoms with E-state index in [9.17, 15) is 14.9 Å². The third-order valence-electron chi connectivity index (χ3n) is 2.54. The number of aromatic nitrogens is 1. The molecule has 0 bridgehead atoms. The summed E-state index contributed by atoms with van der Waals surface area (Å²) in [5.41, 5.74) is -1.02. The zero-order valence-corrected chi connectivity index (χ0v) is 11.9. The van der Waals surface area contributed by atoms with Crippen LogP contribution in [-0.2, 0) is 4.74 Å². The molecule has 0 radical (unpaired) electrons. The average Bonchev–Trinajstić information content (AvgIpc) is 2.37. The lowest BCUT2D eigenvalue weighted by Gasteiger charge is -2.25. The van der Waals surface area contributed by atoms with Gasteiger partial charge in [-0.2, -0.15) is 0 Å². The smallest absolute Gasteiger partial charge is 0.300 e. The van der Waals surface area contributed by atoms with Crippen LogP contribution in [0, 0.1) is 10.1 Å². The first-order valence-electron chi connectivity index (χ1n) is 5.94. The number of pyridine rings is 1. The van der Waals surface area contributed by atoms with Crippen molar-refractivity contribution in [3.8, 4) is 0 Å². The van der Waals surface area contributed by atoms with Gasteiger partial charge < -0.3 is 15.4 Å². The van der Waals surface area contributed by atoms with Gasteiger partial charge in [0.2, 0.25) is 0 Å². The van der Waals surface area contributed by atoms with Gasteiger partial charge in [-0.15, -0.1) is 0 Å². The van der Waals surface area contributed by atoms with Crippen molar-refractivity contribution in [2.45, 2.75) is 19.4 Å². The van der Waals surface area contributed by atoms with Gasteiger partial charge >= 0.3 is 0 Å². The van der Waals surface area contributed by atoms with Crippen LogP contribution in [-0.4, -0.2) is 42.1 Å². The molecule has 0 aliphatic heterocycles. The Morgan fingerprint density at radius 2 is 2.20 bits per heavy atom. The molecule has 0 saturated heterocycles. The topological polar surface area (TPSA) is 106 Å². The van der Waals surface area contributed by atoms with Crippen LogP contribution in [0.3, 0.4) is 0 Å². The number of ether oxygens (including phenoxy) is 1. The van der Waals surface area contributed by atoms with E-state index >= 15 is 0 Å². The fourth-order valence-corrected chi connectivity index (χ4v) is 1.68. The standard InChI is InChI=1S/C12H18N4O4/c1-12(2,7-20-4)15-11(17)8-5-10(13-3)14-6-9(8)16(18)19/h5-6H,7H2,1-4H3,(H,13,14)(H,15,17). The van der Waals surface area contributed by atoms with E-state index in [1.54, 1.807) is 20.9 Å². The number of methoxy groups -OCH3 is 1. The van der Waals surface area contributed by atoms with E-state index in [0.717, 1.165) is 6.20 Å². The van der Waals surface area contributed by atoms with E-state index < -0.39 is 16.4 Å². The van der Waals surface area contributed by atoms with Crippen molar-refractivity contribution in [1.29, 1.82) is 0 Å². The SMILES string of the molecule is CNc1cc(C(=O)NC(C)(C)COC)c([N+](=O)[O-])cn1. The third kappa shape index (κ3) is 3.89. The van der Waals surface area contributed by atoms with Crippen LogP contribution in [0.2, 0.25) is 0 Å². The molecule has 1 amide bonds. The second-order valence-corrected chi connectivity index (χ2v) is 4.86. The largest absolute Gasteiger partial charge is 0.382 e. The van der Waals surface area contributed by atoms with Gasteiger partial charge in [0, 0.05) is 20.2 Å². The van der Waals surface area contributed by atoms with Crippen molar-refractivity contribution in [3.05, 3.63) is 27.9 Å². The Morgan fingerprint density at radius 3 is 2.70 bits per heavy atom. The first kappa shape index (κ1) is 15.8. The van der Waals surface area contributed by atoms with Crippen molar-refractivity contribution >= 4 is 17.4 Å². The molecule has 0 unspecified atom stereocenters. The summed E-state index contributed by atoms with van der Waals surface area (Å²) in [7, 11) is 3.13. The van der Waals surface area contributed by atoms with Gasteiger partial charge in [0.25, 0.3) is 11.6 Å². The van der Waals surface area contributed by atoms with Gasteiger partial charge in [-0.25, -0.2) is 4.98 Å². The number of carbonyl (C=O) groups is 1. The Kier molecular flexibility index (Phi) is 4.98. The highest BCUT2D eigenvalue weighted by Gasteiger charge is 2.26. The number of anilines is 1. The molecule has 1 aromatic heterocycles. The van der Waals surface area contributed by atoms with Gasteiger partial charge in [-0.1, -0.05) is 0 Å². The van der Waals surface area contributed by atoms with E-state index in [1.807, 2.05) is 0 Å². The lowest BCUT2D eigenvalue weighted by molar-refractivity contribution is -0.385. The summed E-state index contributed by atoms with van der Waals surface area (Å²) >= 11 is 0. The number of hydrogen-bond acceptors (Lipinski definition) is 6. The highest BCUT2D eigenvalue weighted by atomic mass is 16.6. The highest BCUT2D eigenvalue weighted by molar-refractivity contribution is 5.99. The van der Waals surface area contributed by atoms with Crippen molar-refractivity contribution in [3.63, 3.8) is 0 Å².